The fraction of sp³-hybridized carbons (Fsp3) is 0.222. The van der Waals surface area contributed by atoms with Gasteiger partial charge in [-0.1, -0.05) is 6.07 Å². The summed E-state index contributed by atoms with van der Waals surface area (Å²) < 4.78 is 66.6. The van der Waals surface area contributed by atoms with E-state index in [2.05, 4.69) is 20.1 Å². The maximum atomic E-state index is 12.2. The number of hydrogen-bond donors (Lipinski definition) is 3. The Labute approximate surface area is 170 Å². The minimum atomic E-state index is -4.88. The van der Waals surface area contributed by atoms with E-state index in [1.54, 1.807) is 18.2 Å². The van der Waals surface area contributed by atoms with Gasteiger partial charge in [-0.3, -0.25) is 9.59 Å². The Morgan fingerprint density at radius 3 is 2.33 bits per heavy atom. The molecule has 0 unspecified atom stereocenters. The number of hydrogen-bond acceptors (Lipinski definition) is 5. The molecule has 8 nitrogen and oxygen atoms in total. The van der Waals surface area contributed by atoms with Gasteiger partial charge in [0.15, 0.2) is 0 Å². The molecule has 12 heteroatoms. The summed E-state index contributed by atoms with van der Waals surface area (Å²) in [6.07, 6.45) is -5.09. The Balaban J connectivity index is 1.89. The van der Waals surface area contributed by atoms with Gasteiger partial charge in [0.25, 0.3) is 5.91 Å². The standard InChI is InChI=1S/C18H18F3N3O5S/c1-22-17(26)12-3-2-4-13(11-12)24-16(25)9-10-23-30(27,28)15-7-5-14(6-8-15)29-18(19,20)21/h2-8,11,23H,9-10H2,1H3,(H,22,26)(H,24,25). The number of benzene rings is 2. The minimum absolute atomic E-state index is 0.210. The first-order chi connectivity index (χ1) is 14.0. The van der Waals surface area contributed by atoms with Crippen molar-refractivity contribution in [1.82, 2.24) is 10.0 Å². The molecule has 0 aliphatic rings. The summed E-state index contributed by atoms with van der Waals surface area (Å²) in [5.41, 5.74) is 0.707. The van der Waals surface area contributed by atoms with Crippen LogP contribution in [0.3, 0.4) is 0 Å². The van der Waals surface area contributed by atoms with Crippen molar-refractivity contribution in [2.75, 3.05) is 18.9 Å². The predicted molar refractivity (Wildman–Crippen MR) is 101 cm³/mol. The number of anilines is 1. The van der Waals surface area contributed by atoms with Crippen LogP contribution < -0.4 is 20.1 Å². The van der Waals surface area contributed by atoms with Gasteiger partial charge in [0, 0.05) is 31.3 Å². The number of amides is 2. The van der Waals surface area contributed by atoms with Gasteiger partial charge in [-0.05, 0) is 42.5 Å². The fourth-order valence-corrected chi connectivity index (χ4v) is 3.34. The second kappa shape index (κ2) is 9.59. The lowest BCUT2D eigenvalue weighted by molar-refractivity contribution is -0.274. The van der Waals surface area contributed by atoms with Crippen LogP contribution >= 0.6 is 0 Å². The summed E-state index contributed by atoms with van der Waals surface area (Å²) in [6.45, 7) is -0.246. The SMILES string of the molecule is CNC(=O)c1cccc(NC(=O)CCNS(=O)(=O)c2ccc(OC(F)(F)F)cc2)c1. The highest BCUT2D eigenvalue weighted by Crippen LogP contribution is 2.23. The van der Waals surface area contributed by atoms with Crippen molar-refractivity contribution in [1.29, 1.82) is 0 Å². The van der Waals surface area contributed by atoms with Gasteiger partial charge >= 0.3 is 6.36 Å². The van der Waals surface area contributed by atoms with Crippen LogP contribution in [0, 0.1) is 0 Å². The van der Waals surface area contributed by atoms with Gasteiger partial charge in [-0.2, -0.15) is 0 Å². The molecule has 0 fully saturated rings. The van der Waals surface area contributed by atoms with Crippen LogP contribution in [0.4, 0.5) is 18.9 Å². The topological polar surface area (TPSA) is 114 Å². The lowest BCUT2D eigenvalue weighted by atomic mass is 10.2. The molecule has 2 amide bonds. The van der Waals surface area contributed by atoms with Crippen LogP contribution in [0.1, 0.15) is 16.8 Å². The van der Waals surface area contributed by atoms with Crippen LogP contribution in [0.25, 0.3) is 0 Å². The Hall–Kier alpha value is -3.12. The number of halogens is 3. The van der Waals surface area contributed by atoms with Crippen molar-refractivity contribution in [2.24, 2.45) is 0 Å². The quantitative estimate of drug-likeness (QED) is 0.577. The zero-order chi connectivity index (χ0) is 22.4. The van der Waals surface area contributed by atoms with Crippen LogP contribution in [0.2, 0.25) is 0 Å². The molecule has 0 spiro atoms. The summed E-state index contributed by atoms with van der Waals surface area (Å²) in [7, 11) is -2.56. The normalized spacial score (nSPS) is 11.6. The predicted octanol–water partition coefficient (Wildman–Crippen LogP) is 2.25. The van der Waals surface area contributed by atoms with E-state index in [1.807, 2.05) is 0 Å². The highest BCUT2D eigenvalue weighted by molar-refractivity contribution is 7.89. The first-order valence-corrected chi connectivity index (χ1v) is 9.96. The van der Waals surface area contributed by atoms with Gasteiger partial charge in [0.1, 0.15) is 5.75 Å². The van der Waals surface area contributed by atoms with Crippen molar-refractivity contribution in [2.45, 2.75) is 17.7 Å². The molecular weight excluding hydrogens is 427 g/mol. The Morgan fingerprint density at radius 1 is 1.07 bits per heavy atom. The molecule has 3 N–H and O–H groups in total. The van der Waals surface area contributed by atoms with E-state index in [0.29, 0.717) is 11.3 Å². The Bertz CT molecular complexity index is 1010. The largest absolute Gasteiger partial charge is 0.573 e. The van der Waals surface area contributed by atoms with E-state index in [-0.39, 0.29) is 23.8 Å². The molecule has 0 bridgehead atoms. The van der Waals surface area contributed by atoms with Gasteiger partial charge in [0.05, 0.1) is 4.90 Å². The van der Waals surface area contributed by atoms with Crippen molar-refractivity contribution in [3.63, 3.8) is 0 Å². The summed E-state index contributed by atoms with van der Waals surface area (Å²) in [5, 5.41) is 4.99. The lowest BCUT2D eigenvalue weighted by Crippen LogP contribution is -2.28. The van der Waals surface area contributed by atoms with Crippen molar-refractivity contribution < 1.29 is 35.9 Å². The van der Waals surface area contributed by atoms with Crippen LogP contribution in [-0.4, -0.2) is 40.2 Å². The number of ether oxygens (including phenoxy) is 1. The third-order valence-electron chi connectivity index (χ3n) is 3.65. The van der Waals surface area contributed by atoms with Crippen molar-refractivity contribution >= 4 is 27.5 Å². The molecule has 0 atom stereocenters. The molecule has 162 valence electrons. The van der Waals surface area contributed by atoms with Gasteiger partial charge in [-0.25, -0.2) is 13.1 Å². The van der Waals surface area contributed by atoms with Crippen molar-refractivity contribution in [3.05, 3.63) is 54.1 Å². The molecular formula is C18H18F3N3O5S. The zero-order valence-electron chi connectivity index (χ0n) is 15.6. The first-order valence-electron chi connectivity index (χ1n) is 8.47. The molecule has 2 aromatic rings. The molecule has 0 heterocycles. The second-order valence-corrected chi connectivity index (χ2v) is 7.64. The molecule has 0 saturated carbocycles. The molecule has 0 aromatic heterocycles. The van der Waals surface area contributed by atoms with E-state index in [0.717, 1.165) is 24.3 Å². The fourth-order valence-electron chi connectivity index (χ4n) is 2.31. The Morgan fingerprint density at radius 2 is 1.73 bits per heavy atom. The Kier molecular flexibility index (Phi) is 7.40. The lowest BCUT2D eigenvalue weighted by Gasteiger charge is -2.10. The van der Waals surface area contributed by atoms with E-state index in [9.17, 15) is 31.2 Å². The monoisotopic (exact) mass is 445 g/mol. The smallest absolute Gasteiger partial charge is 0.406 e. The molecule has 30 heavy (non-hydrogen) atoms. The van der Waals surface area contributed by atoms with Crippen molar-refractivity contribution in [3.8, 4) is 5.75 Å². The average molecular weight is 445 g/mol. The molecule has 0 aliphatic heterocycles. The highest BCUT2D eigenvalue weighted by Gasteiger charge is 2.31. The summed E-state index contributed by atoms with van der Waals surface area (Å²) >= 11 is 0. The number of carbonyl (C=O) groups excluding carboxylic acids is 2. The molecule has 2 aromatic carbocycles. The molecule has 0 aliphatic carbocycles. The van der Waals surface area contributed by atoms with Crippen LogP contribution in [-0.2, 0) is 14.8 Å². The summed E-state index contributed by atoms with van der Waals surface area (Å²) in [5.74, 6) is -1.38. The van der Waals surface area contributed by atoms with Gasteiger partial charge in [-0.15, -0.1) is 13.2 Å². The summed E-state index contributed by atoms with van der Waals surface area (Å²) in [6, 6.07) is 9.82. The highest BCUT2D eigenvalue weighted by atomic mass is 32.2. The van der Waals surface area contributed by atoms with E-state index in [1.165, 1.54) is 13.1 Å². The zero-order valence-corrected chi connectivity index (χ0v) is 16.4. The third kappa shape index (κ3) is 7.04. The molecule has 2 rings (SSSR count). The van der Waals surface area contributed by atoms with Gasteiger partial charge in [0.2, 0.25) is 15.9 Å². The van der Waals surface area contributed by atoms with Crippen LogP contribution in [0.5, 0.6) is 5.75 Å². The second-order valence-electron chi connectivity index (χ2n) is 5.88. The number of carbonyl (C=O) groups is 2. The third-order valence-corrected chi connectivity index (χ3v) is 5.12. The summed E-state index contributed by atoms with van der Waals surface area (Å²) in [4.78, 5) is 23.3. The number of alkyl halides is 3. The molecule has 0 radical (unpaired) electrons. The maximum Gasteiger partial charge on any atom is 0.573 e. The number of sulfonamides is 1. The minimum Gasteiger partial charge on any atom is -0.406 e. The number of nitrogens with one attached hydrogen (secondary N) is 3. The first kappa shape index (κ1) is 23.2. The molecule has 0 saturated heterocycles. The van der Waals surface area contributed by atoms with E-state index < -0.39 is 28.0 Å². The maximum absolute atomic E-state index is 12.2. The van der Waals surface area contributed by atoms with Gasteiger partial charge < -0.3 is 15.4 Å². The average Bonchev–Trinajstić information content (AvgIpc) is 2.66. The van der Waals surface area contributed by atoms with E-state index >= 15 is 0 Å². The number of rotatable bonds is 8. The van der Waals surface area contributed by atoms with E-state index in [4.69, 9.17) is 0 Å². The van der Waals surface area contributed by atoms with Crippen LogP contribution in [0.15, 0.2) is 53.4 Å².